The zero-order valence-corrected chi connectivity index (χ0v) is 11.7. The van der Waals surface area contributed by atoms with Crippen molar-refractivity contribution in [2.75, 3.05) is 13.1 Å². The van der Waals surface area contributed by atoms with Crippen molar-refractivity contribution < 1.29 is 0 Å². The number of rotatable bonds is 3. The van der Waals surface area contributed by atoms with Gasteiger partial charge in [-0.3, -0.25) is 4.90 Å². The molecule has 2 nitrogen and oxygen atoms in total. The number of thiophene rings is 1. The molecule has 2 atom stereocenters. The second-order valence-corrected chi connectivity index (χ2v) is 5.78. The van der Waals surface area contributed by atoms with Crippen LogP contribution < -0.4 is 5.73 Å². The fourth-order valence-electron chi connectivity index (χ4n) is 2.25. The van der Waals surface area contributed by atoms with Gasteiger partial charge in [0.1, 0.15) is 0 Å². The first kappa shape index (κ1) is 14.3. The first-order chi connectivity index (χ1) is 7.19. The van der Waals surface area contributed by atoms with Crippen molar-refractivity contribution in [3.05, 3.63) is 21.3 Å². The minimum Gasteiger partial charge on any atom is -0.330 e. The average molecular weight is 281 g/mol. The SMILES string of the molecule is CC1CC(CN)CN1Cc1cc(Cl)cs1.Cl. The molecule has 1 fully saturated rings. The lowest BCUT2D eigenvalue weighted by atomic mass is 10.1. The van der Waals surface area contributed by atoms with Gasteiger partial charge in [0.05, 0.1) is 5.02 Å². The molecule has 2 rings (SSSR count). The molecular formula is C11H18Cl2N2S. The first-order valence-corrected chi connectivity index (χ1v) is 6.62. The van der Waals surface area contributed by atoms with Crippen molar-refractivity contribution in [2.45, 2.75) is 25.9 Å². The molecule has 2 N–H and O–H groups in total. The van der Waals surface area contributed by atoms with E-state index in [0.29, 0.717) is 12.0 Å². The van der Waals surface area contributed by atoms with Gasteiger partial charge in [-0.1, -0.05) is 11.6 Å². The van der Waals surface area contributed by atoms with Crippen LogP contribution in [0.4, 0.5) is 0 Å². The Bertz CT molecular complexity index is 330. The van der Waals surface area contributed by atoms with Gasteiger partial charge in [-0.05, 0) is 31.9 Å². The van der Waals surface area contributed by atoms with E-state index in [1.165, 1.54) is 11.3 Å². The normalized spacial score (nSPS) is 25.7. The molecule has 1 saturated heterocycles. The molecule has 5 heteroatoms. The molecule has 1 aromatic rings. The third-order valence-corrected chi connectivity index (χ3v) is 4.37. The minimum absolute atomic E-state index is 0. The molecule has 0 bridgehead atoms. The predicted molar refractivity (Wildman–Crippen MR) is 73.6 cm³/mol. The first-order valence-electron chi connectivity index (χ1n) is 5.36. The smallest absolute Gasteiger partial charge is 0.0516 e. The van der Waals surface area contributed by atoms with Crippen LogP contribution in [0.15, 0.2) is 11.4 Å². The fourth-order valence-corrected chi connectivity index (χ4v) is 3.34. The quantitative estimate of drug-likeness (QED) is 0.923. The van der Waals surface area contributed by atoms with E-state index in [1.807, 2.05) is 5.38 Å². The van der Waals surface area contributed by atoms with Crippen LogP contribution in [-0.4, -0.2) is 24.0 Å². The number of halogens is 2. The Balaban J connectivity index is 0.00000128. The molecule has 1 aliphatic heterocycles. The van der Waals surface area contributed by atoms with E-state index in [2.05, 4.69) is 17.9 Å². The largest absolute Gasteiger partial charge is 0.330 e. The van der Waals surface area contributed by atoms with Crippen molar-refractivity contribution in [2.24, 2.45) is 11.7 Å². The molecular weight excluding hydrogens is 263 g/mol. The standard InChI is InChI=1S/C11H17ClN2S.ClH/c1-8-2-9(4-13)5-14(8)6-11-3-10(12)7-15-11;/h3,7-9H,2,4-6,13H2,1H3;1H. The third-order valence-electron chi connectivity index (χ3n) is 3.10. The Hall–Kier alpha value is 0.200. The highest BCUT2D eigenvalue weighted by atomic mass is 35.5. The van der Waals surface area contributed by atoms with E-state index >= 15 is 0 Å². The lowest BCUT2D eigenvalue weighted by Crippen LogP contribution is -2.26. The number of hydrogen-bond donors (Lipinski definition) is 1. The van der Waals surface area contributed by atoms with Gasteiger partial charge in [0.25, 0.3) is 0 Å². The monoisotopic (exact) mass is 280 g/mol. The Kier molecular flexibility index (Phi) is 5.54. The molecule has 16 heavy (non-hydrogen) atoms. The summed E-state index contributed by atoms with van der Waals surface area (Å²) in [6, 6.07) is 2.72. The maximum absolute atomic E-state index is 5.91. The summed E-state index contributed by atoms with van der Waals surface area (Å²) in [5.41, 5.74) is 5.71. The predicted octanol–water partition coefficient (Wildman–Crippen LogP) is 2.99. The summed E-state index contributed by atoms with van der Waals surface area (Å²) >= 11 is 7.65. The van der Waals surface area contributed by atoms with Crippen LogP contribution in [0.3, 0.4) is 0 Å². The van der Waals surface area contributed by atoms with E-state index < -0.39 is 0 Å². The summed E-state index contributed by atoms with van der Waals surface area (Å²) in [5.74, 6) is 0.676. The molecule has 0 aliphatic carbocycles. The lowest BCUT2D eigenvalue weighted by molar-refractivity contribution is 0.258. The van der Waals surface area contributed by atoms with Crippen LogP contribution in [0.5, 0.6) is 0 Å². The van der Waals surface area contributed by atoms with E-state index in [1.54, 1.807) is 11.3 Å². The van der Waals surface area contributed by atoms with Crippen LogP contribution in [0, 0.1) is 5.92 Å². The van der Waals surface area contributed by atoms with Crippen molar-refractivity contribution in [3.8, 4) is 0 Å². The molecule has 0 saturated carbocycles. The van der Waals surface area contributed by atoms with E-state index in [9.17, 15) is 0 Å². The second kappa shape index (κ2) is 6.22. The van der Waals surface area contributed by atoms with Gasteiger partial charge in [-0.25, -0.2) is 0 Å². The molecule has 92 valence electrons. The van der Waals surface area contributed by atoms with Crippen LogP contribution in [0.1, 0.15) is 18.2 Å². The van der Waals surface area contributed by atoms with Gasteiger partial charge in [0, 0.05) is 29.4 Å². The molecule has 2 heterocycles. The van der Waals surface area contributed by atoms with E-state index in [4.69, 9.17) is 17.3 Å². The van der Waals surface area contributed by atoms with Gasteiger partial charge >= 0.3 is 0 Å². The third kappa shape index (κ3) is 3.34. The van der Waals surface area contributed by atoms with Crippen LogP contribution >= 0.6 is 35.3 Å². The number of nitrogens with two attached hydrogens (primary N) is 1. The molecule has 1 aliphatic rings. The Labute approximate surface area is 112 Å². The van der Waals surface area contributed by atoms with Crippen molar-refractivity contribution in [3.63, 3.8) is 0 Å². The summed E-state index contributed by atoms with van der Waals surface area (Å²) in [5, 5.41) is 2.86. The summed E-state index contributed by atoms with van der Waals surface area (Å²) < 4.78 is 0. The zero-order valence-electron chi connectivity index (χ0n) is 9.36. The van der Waals surface area contributed by atoms with Crippen molar-refractivity contribution in [1.29, 1.82) is 0 Å². The van der Waals surface area contributed by atoms with Gasteiger partial charge < -0.3 is 5.73 Å². The summed E-state index contributed by atoms with van der Waals surface area (Å²) in [6.07, 6.45) is 1.23. The number of nitrogens with zero attached hydrogens (tertiary/aromatic N) is 1. The fraction of sp³-hybridized carbons (Fsp3) is 0.636. The van der Waals surface area contributed by atoms with E-state index in [-0.39, 0.29) is 12.4 Å². The van der Waals surface area contributed by atoms with Gasteiger partial charge in [-0.2, -0.15) is 0 Å². The molecule has 0 amide bonds. The van der Waals surface area contributed by atoms with Crippen LogP contribution in [0.25, 0.3) is 0 Å². The summed E-state index contributed by atoms with van der Waals surface area (Å²) in [6.45, 7) is 5.25. The highest BCUT2D eigenvalue weighted by Crippen LogP contribution is 2.27. The van der Waals surface area contributed by atoms with Gasteiger partial charge in [-0.15, -0.1) is 23.7 Å². The molecule has 1 aromatic heterocycles. The average Bonchev–Trinajstić information content (AvgIpc) is 2.75. The van der Waals surface area contributed by atoms with Crippen LogP contribution in [0.2, 0.25) is 5.02 Å². The Morgan fingerprint density at radius 1 is 1.62 bits per heavy atom. The highest BCUT2D eigenvalue weighted by Gasteiger charge is 2.27. The zero-order chi connectivity index (χ0) is 10.8. The van der Waals surface area contributed by atoms with Gasteiger partial charge in [0.15, 0.2) is 0 Å². The highest BCUT2D eigenvalue weighted by molar-refractivity contribution is 7.10. The maximum Gasteiger partial charge on any atom is 0.0516 e. The van der Waals surface area contributed by atoms with Crippen LogP contribution in [-0.2, 0) is 6.54 Å². The Morgan fingerprint density at radius 3 is 2.88 bits per heavy atom. The summed E-state index contributed by atoms with van der Waals surface area (Å²) in [4.78, 5) is 3.85. The number of likely N-dealkylation sites (tertiary alicyclic amines) is 1. The van der Waals surface area contributed by atoms with Gasteiger partial charge in [0.2, 0.25) is 0 Å². The maximum atomic E-state index is 5.91. The number of hydrogen-bond acceptors (Lipinski definition) is 3. The molecule has 2 unspecified atom stereocenters. The minimum atomic E-state index is 0. The molecule has 0 aromatic carbocycles. The lowest BCUT2D eigenvalue weighted by Gasteiger charge is -2.19. The second-order valence-electron chi connectivity index (χ2n) is 4.35. The van der Waals surface area contributed by atoms with Crippen molar-refractivity contribution in [1.82, 2.24) is 4.90 Å². The van der Waals surface area contributed by atoms with Crippen molar-refractivity contribution >= 4 is 35.3 Å². The Morgan fingerprint density at radius 2 is 2.38 bits per heavy atom. The molecule has 0 radical (unpaired) electrons. The van der Waals surface area contributed by atoms with E-state index in [0.717, 1.165) is 24.7 Å². The summed E-state index contributed by atoms with van der Waals surface area (Å²) in [7, 11) is 0. The molecule has 0 spiro atoms. The topological polar surface area (TPSA) is 29.3 Å².